The van der Waals surface area contributed by atoms with E-state index in [0.29, 0.717) is 17.5 Å². The second kappa shape index (κ2) is 10.3. The zero-order valence-electron chi connectivity index (χ0n) is 21.4. The molecule has 196 valence electrons. The summed E-state index contributed by atoms with van der Waals surface area (Å²) >= 11 is 0. The Morgan fingerprint density at radius 3 is 2.70 bits per heavy atom. The lowest BCUT2D eigenvalue weighted by molar-refractivity contribution is 0.0699. The molecule has 3 aromatic rings. The zero-order chi connectivity index (χ0) is 25.4. The Bertz CT molecular complexity index is 1280. The lowest BCUT2D eigenvalue weighted by Gasteiger charge is -2.24. The van der Waals surface area contributed by atoms with Crippen molar-refractivity contribution in [1.82, 2.24) is 19.9 Å². The average molecular weight is 505 g/mol. The number of carbonyl (C=O) groups is 1. The first-order chi connectivity index (χ1) is 18.1. The third-order valence-corrected chi connectivity index (χ3v) is 7.93. The molecule has 4 heterocycles. The number of aliphatic hydroxyl groups excluding tert-OH is 1. The molecule has 1 saturated carbocycles. The van der Waals surface area contributed by atoms with Gasteiger partial charge in [0.1, 0.15) is 11.6 Å². The van der Waals surface area contributed by atoms with Crippen LogP contribution in [0.5, 0.6) is 0 Å². The Kier molecular flexibility index (Phi) is 6.73. The standard InChI is InChI=1S/C28H36N6O3/c1-18-12-21(2-5-23(18)28(36)31-22-3-4-22)24-15-30-34-25(29-14-19-7-10-37-11-8-19)13-26(32-27(24)34)33-9-6-20(16-33)17-35/h2,5,12-13,15,19-20,22,29,35H,3-4,6-11,14,16-17H2,1H3,(H,31,36). The molecule has 3 aliphatic rings. The van der Waals surface area contributed by atoms with Gasteiger partial charge in [-0.3, -0.25) is 4.79 Å². The number of rotatable bonds is 8. The summed E-state index contributed by atoms with van der Waals surface area (Å²) in [5, 5.41) is 21.1. The van der Waals surface area contributed by atoms with E-state index in [1.807, 2.05) is 29.8 Å². The molecule has 6 rings (SSSR count). The van der Waals surface area contributed by atoms with Crippen LogP contribution >= 0.6 is 0 Å². The van der Waals surface area contributed by atoms with Gasteiger partial charge in [0.05, 0.1) is 6.20 Å². The molecule has 0 radical (unpaired) electrons. The summed E-state index contributed by atoms with van der Waals surface area (Å²) in [6.45, 7) is 6.36. The first-order valence-corrected chi connectivity index (χ1v) is 13.6. The molecule has 1 unspecified atom stereocenters. The summed E-state index contributed by atoms with van der Waals surface area (Å²) in [6, 6.07) is 8.37. The van der Waals surface area contributed by atoms with Crippen LogP contribution in [0.15, 0.2) is 30.5 Å². The van der Waals surface area contributed by atoms with E-state index in [2.05, 4.69) is 27.7 Å². The first-order valence-electron chi connectivity index (χ1n) is 13.6. The maximum Gasteiger partial charge on any atom is 0.251 e. The molecular weight excluding hydrogens is 468 g/mol. The number of aromatic nitrogens is 3. The molecule has 2 aliphatic heterocycles. The highest BCUT2D eigenvalue weighted by molar-refractivity contribution is 5.97. The van der Waals surface area contributed by atoms with E-state index >= 15 is 0 Å². The van der Waals surface area contributed by atoms with Crippen molar-refractivity contribution in [1.29, 1.82) is 0 Å². The van der Waals surface area contributed by atoms with Gasteiger partial charge >= 0.3 is 0 Å². The van der Waals surface area contributed by atoms with Crippen molar-refractivity contribution in [3.8, 4) is 11.1 Å². The van der Waals surface area contributed by atoms with E-state index in [1.165, 1.54) is 0 Å². The van der Waals surface area contributed by atoms with Crippen LogP contribution in [0.25, 0.3) is 16.8 Å². The van der Waals surface area contributed by atoms with Crippen LogP contribution in [0.1, 0.15) is 48.0 Å². The minimum Gasteiger partial charge on any atom is -0.396 e. The Morgan fingerprint density at radius 2 is 1.97 bits per heavy atom. The summed E-state index contributed by atoms with van der Waals surface area (Å²) in [5.41, 5.74) is 4.37. The van der Waals surface area contributed by atoms with Crippen molar-refractivity contribution in [3.05, 3.63) is 41.6 Å². The number of anilines is 2. The van der Waals surface area contributed by atoms with Crippen LogP contribution in [0.2, 0.25) is 0 Å². The van der Waals surface area contributed by atoms with Crippen molar-refractivity contribution in [2.75, 3.05) is 49.7 Å². The number of hydrogen-bond donors (Lipinski definition) is 3. The number of aliphatic hydroxyl groups is 1. The van der Waals surface area contributed by atoms with Crippen LogP contribution in [0.3, 0.4) is 0 Å². The third kappa shape index (κ3) is 5.15. The van der Waals surface area contributed by atoms with Crippen molar-refractivity contribution >= 4 is 23.2 Å². The Hall–Kier alpha value is -3.17. The Balaban J connectivity index is 1.33. The molecule has 37 heavy (non-hydrogen) atoms. The van der Waals surface area contributed by atoms with Gasteiger partial charge in [-0.2, -0.15) is 9.61 Å². The minimum absolute atomic E-state index is 0.00102. The number of nitrogens with one attached hydrogen (secondary N) is 2. The number of carbonyl (C=O) groups excluding carboxylic acids is 1. The molecule has 9 heteroatoms. The van der Waals surface area contributed by atoms with Crippen molar-refractivity contribution < 1.29 is 14.6 Å². The van der Waals surface area contributed by atoms with Gasteiger partial charge in [-0.05, 0) is 62.1 Å². The van der Waals surface area contributed by atoms with Gasteiger partial charge < -0.3 is 25.4 Å². The highest BCUT2D eigenvalue weighted by Gasteiger charge is 2.26. The molecule has 1 aliphatic carbocycles. The second-order valence-electron chi connectivity index (χ2n) is 10.8. The van der Waals surface area contributed by atoms with Gasteiger partial charge in [0, 0.05) is 68.6 Å². The molecule has 1 amide bonds. The van der Waals surface area contributed by atoms with E-state index in [0.717, 1.165) is 98.9 Å². The van der Waals surface area contributed by atoms with Crippen LogP contribution in [-0.4, -0.2) is 71.1 Å². The van der Waals surface area contributed by atoms with E-state index in [-0.39, 0.29) is 18.4 Å². The van der Waals surface area contributed by atoms with Crippen molar-refractivity contribution in [2.45, 2.75) is 45.1 Å². The molecule has 3 N–H and O–H groups in total. The number of amides is 1. The highest BCUT2D eigenvalue weighted by atomic mass is 16.5. The number of hydrogen-bond acceptors (Lipinski definition) is 7. The molecule has 1 atom stereocenters. The number of nitrogens with zero attached hydrogens (tertiary/aromatic N) is 4. The van der Waals surface area contributed by atoms with Gasteiger partial charge in [0.25, 0.3) is 5.91 Å². The zero-order valence-corrected chi connectivity index (χ0v) is 21.4. The molecule has 3 fully saturated rings. The number of fused-ring (bicyclic) bond motifs is 1. The molecule has 2 aromatic heterocycles. The van der Waals surface area contributed by atoms with Gasteiger partial charge in [-0.25, -0.2) is 4.98 Å². The lowest BCUT2D eigenvalue weighted by Crippen LogP contribution is -2.26. The highest BCUT2D eigenvalue weighted by Crippen LogP contribution is 2.32. The predicted octanol–water partition coefficient (Wildman–Crippen LogP) is 3.25. The van der Waals surface area contributed by atoms with Crippen LogP contribution in [0.4, 0.5) is 11.6 Å². The molecule has 0 spiro atoms. The molecule has 9 nitrogen and oxygen atoms in total. The number of ether oxygens (including phenoxy) is 1. The largest absolute Gasteiger partial charge is 0.396 e. The topological polar surface area (TPSA) is 104 Å². The molecule has 1 aromatic carbocycles. The van der Waals surface area contributed by atoms with Gasteiger partial charge in [0.2, 0.25) is 0 Å². The molecule has 0 bridgehead atoms. The lowest BCUT2D eigenvalue weighted by atomic mass is 10.0. The first kappa shape index (κ1) is 24.2. The van der Waals surface area contributed by atoms with Crippen molar-refractivity contribution in [3.63, 3.8) is 0 Å². The molecular formula is C28H36N6O3. The summed E-state index contributed by atoms with van der Waals surface area (Å²) < 4.78 is 7.42. The quantitative estimate of drug-likeness (QED) is 0.433. The van der Waals surface area contributed by atoms with Gasteiger partial charge in [0.15, 0.2) is 5.65 Å². The second-order valence-corrected chi connectivity index (χ2v) is 10.8. The summed E-state index contributed by atoms with van der Waals surface area (Å²) in [7, 11) is 0. The van der Waals surface area contributed by atoms with Gasteiger partial charge in [-0.1, -0.05) is 12.1 Å². The average Bonchev–Trinajstić information content (AvgIpc) is 3.42. The fraction of sp³-hybridized carbons (Fsp3) is 0.536. The Labute approximate surface area is 217 Å². The number of benzene rings is 1. The summed E-state index contributed by atoms with van der Waals surface area (Å²) in [4.78, 5) is 20.0. The fourth-order valence-corrected chi connectivity index (χ4v) is 5.41. The smallest absolute Gasteiger partial charge is 0.251 e. The fourth-order valence-electron chi connectivity index (χ4n) is 5.41. The number of aryl methyl sites for hydroxylation is 1. The van der Waals surface area contributed by atoms with Crippen LogP contribution < -0.4 is 15.5 Å². The maximum atomic E-state index is 12.6. The van der Waals surface area contributed by atoms with Crippen LogP contribution in [-0.2, 0) is 4.74 Å². The predicted molar refractivity (Wildman–Crippen MR) is 143 cm³/mol. The minimum atomic E-state index is -0.00102. The van der Waals surface area contributed by atoms with Gasteiger partial charge in [-0.15, -0.1) is 0 Å². The monoisotopic (exact) mass is 504 g/mol. The van der Waals surface area contributed by atoms with Crippen molar-refractivity contribution in [2.24, 2.45) is 11.8 Å². The SMILES string of the molecule is Cc1cc(-c2cnn3c(NCC4CCOCC4)cc(N4CCC(CO)C4)nc23)ccc1C(=O)NC1CC1. The van der Waals surface area contributed by atoms with E-state index < -0.39 is 0 Å². The Morgan fingerprint density at radius 1 is 1.14 bits per heavy atom. The van der Waals surface area contributed by atoms with E-state index in [9.17, 15) is 9.90 Å². The maximum absolute atomic E-state index is 12.6. The summed E-state index contributed by atoms with van der Waals surface area (Å²) in [5.74, 6) is 2.66. The third-order valence-electron chi connectivity index (χ3n) is 7.93. The van der Waals surface area contributed by atoms with E-state index in [1.54, 1.807) is 0 Å². The summed E-state index contributed by atoms with van der Waals surface area (Å²) in [6.07, 6.45) is 7.08. The van der Waals surface area contributed by atoms with E-state index in [4.69, 9.17) is 14.8 Å². The molecule has 2 saturated heterocycles. The normalized spacial score (nSPS) is 20.5. The van der Waals surface area contributed by atoms with Crippen LogP contribution in [0, 0.1) is 18.8 Å².